The molecule has 2 heterocycles. The number of hydrogen-bond donors (Lipinski definition) is 1. The molecular weight excluding hydrogens is 306 g/mol. The highest BCUT2D eigenvalue weighted by molar-refractivity contribution is 9.10. The second kappa shape index (κ2) is 5.23. The Morgan fingerprint density at radius 2 is 2.21 bits per heavy atom. The Hall–Kier alpha value is -0.910. The van der Waals surface area contributed by atoms with Crippen LogP contribution in [0, 0.1) is 0 Å². The van der Waals surface area contributed by atoms with Gasteiger partial charge in [0.25, 0.3) is 0 Å². The van der Waals surface area contributed by atoms with Gasteiger partial charge in [0.15, 0.2) is 0 Å². The van der Waals surface area contributed by atoms with Gasteiger partial charge in [-0.25, -0.2) is 0 Å². The van der Waals surface area contributed by atoms with Gasteiger partial charge in [0.2, 0.25) is 5.91 Å². The van der Waals surface area contributed by atoms with E-state index in [2.05, 4.69) is 44.3 Å². The number of piperazine rings is 2. The van der Waals surface area contributed by atoms with E-state index in [4.69, 9.17) is 0 Å². The summed E-state index contributed by atoms with van der Waals surface area (Å²) in [5.41, 5.74) is 1.27. The molecule has 4 nitrogen and oxygen atoms in total. The van der Waals surface area contributed by atoms with Crippen LogP contribution in [0.4, 0.5) is 0 Å². The molecule has 2 fully saturated rings. The SMILES string of the molecule is CN1CC2CNCC(c3cccc(Br)c3)N2CC1=O. The predicted molar refractivity (Wildman–Crippen MR) is 77.9 cm³/mol. The molecule has 3 rings (SSSR count). The van der Waals surface area contributed by atoms with Gasteiger partial charge in [-0.2, -0.15) is 0 Å². The number of halogens is 1. The van der Waals surface area contributed by atoms with Crippen LogP contribution in [0.15, 0.2) is 28.7 Å². The highest BCUT2D eigenvalue weighted by Crippen LogP contribution is 2.29. The zero-order valence-electron chi connectivity index (χ0n) is 11.0. The highest BCUT2D eigenvalue weighted by Gasteiger charge is 2.37. The lowest BCUT2D eigenvalue weighted by atomic mass is 9.98. The number of hydrogen-bond acceptors (Lipinski definition) is 3. The van der Waals surface area contributed by atoms with Crippen LogP contribution in [-0.2, 0) is 4.79 Å². The van der Waals surface area contributed by atoms with Crippen LogP contribution in [0.5, 0.6) is 0 Å². The first kappa shape index (κ1) is 13.1. The molecule has 1 aromatic carbocycles. The number of amides is 1. The minimum absolute atomic E-state index is 0.221. The van der Waals surface area contributed by atoms with E-state index >= 15 is 0 Å². The number of benzene rings is 1. The molecule has 2 atom stereocenters. The molecule has 2 aliphatic rings. The zero-order valence-corrected chi connectivity index (χ0v) is 12.6. The number of carbonyl (C=O) groups is 1. The quantitative estimate of drug-likeness (QED) is 0.844. The summed E-state index contributed by atoms with van der Waals surface area (Å²) in [6.07, 6.45) is 0. The summed E-state index contributed by atoms with van der Waals surface area (Å²) in [6, 6.07) is 9.09. The number of nitrogens with one attached hydrogen (secondary N) is 1. The lowest BCUT2D eigenvalue weighted by molar-refractivity contribution is -0.139. The van der Waals surface area contributed by atoms with Crippen molar-refractivity contribution in [3.05, 3.63) is 34.3 Å². The highest BCUT2D eigenvalue weighted by atomic mass is 79.9. The molecule has 1 amide bonds. The summed E-state index contributed by atoms with van der Waals surface area (Å²) in [5, 5.41) is 3.49. The zero-order chi connectivity index (χ0) is 13.4. The summed E-state index contributed by atoms with van der Waals surface area (Å²) in [7, 11) is 1.89. The van der Waals surface area contributed by atoms with Crippen molar-refractivity contribution in [3.8, 4) is 0 Å². The second-order valence-corrected chi connectivity index (χ2v) is 6.25. The number of fused-ring (bicyclic) bond motifs is 1. The van der Waals surface area contributed by atoms with Gasteiger partial charge in [-0.3, -0.25) is 9.69 Å². The van der Waals surface area contributed by atoms with E-state index in [0.29, 0.717) is 12.6 Å². The maximum atomic E-state index is 11.9. The van der Waals surface area contributed by atoms with Crippen LogP contribution in [0.2, 0.25) is 0 Å². The lowest BCUT2D eigenvalue weighted by Gasteiger charge is -2.47. The van der Waals surface area contributed by atoms with Gasteiger partial charge in [-0.15, -0.1) is 0 Å². The predicted octanol–water partition coefficient (Wildman–Crippen LogP) is 1.24. The van der Waals surface area contributed by atoms with Gasteiger partial charge in [0.05, 0.1) is 6.54 Å². The Labute approximate surface area is 121 Å². The molecule has 102 valence electrons. The fourth-order valence-electron chi connectivity index (χ4n) is 3.00. The minimum Gasteiger partial charge on any atom is -0.343 e. The van der Waals surface area contributed by atoms with Crippen LogP contribution < -0.4 is 5.32 Å². The number of nitrogens with zero attached hydrogens (tertiary/aromatic N) is 2. The summed E-state index contributed by atoms with van der Waals surface area (Å²) in [5.74, 6) is 0.221. The maximum absolute atomic E-state index is 11.9. The lowest BCUT2D eigenvalue weighted by Crippen LogP contribution is -2.63. The van der Waals surface area contributed by atoms with E-state index in [1.165, 1.54) is 5.56 Å². The third kappa shape index (κ3) is 2.55. The Morgan fingerprint density at radius 3 is 3.00 bits per heavy atom. The van der Waals surface area contributed by atoms with Crippen LogP contribution in [-0.4, -0.2) is 55.0 Å². The summed E-state index contributed by atoms with van der Waals surface area (Å²) in [4.78, 5) is 16.1. The van der Waals surface area contributed by atoms with Crippen molar-refractivity contribution >= 4 is 21.8 Å². The van der Waals surface area contributed by atoms with Crippen molar-refractivity contribution in [2.24, 2.45) is 0 Å². The largest absolute Gasteiger partial charge is 0.343 e. The number of likely N-dealkylation sites (N-methyl/N-ethyl adjacent to an activating group) is 1. The molecule has 19 heavy (non-hydrogen) atoms. The van der Waals surface area contributed by atoms with Gasteiger partial charge >= 0.3 is 0 Å². The van der Waals surface area contributed by atoms with Crippen molar-refractivity contribution in [1.29, 1.82) is 0 Å². The van der Waals surface area contributed by atoms with Crippen molar-refractivity contribution in [1.82, 2.24) is 15.1 Å². The molecule has 0 aliphatic carbocycles. The second-order valence-electron chi connectivity index (χ2n) is 5.33. The first-order valence-corrected chi connectivity index (χ1v) is 7.40. The smallest absolute Gasteiger partial charge is 0.236 e. The van der Waals surface area contributed by atoms with Crippen molar-refractivity contribution in [2.75, 3.05) is 33.2 Å². The van der Waals surface area contributed by atoms with E-state index in [1.54, 1.807) is 0 Å². The molecule has 0 spiro atoms. The van der Waals surface area contributed by atoms with E-state index < -0.39 is 0 Å². The molecule has 0 bridgehead atoms. The molecule has 2 saturated heterocycles. The Balaban J connectivity index is 1.87. The Morgan fingerprint density at radius 1 is 1.37 bits per heavy atom. The fourth-order valence-corrected chi connectivity index (χ4v) is 3.42. The first-order valence-electron chi connectivity index (χ1n) is 6.61. The maximum Gasteiger partial charge on any atom is 0.236 e. The van der Waals surface area contributed by atoms with E-state index in [0.717, 1.165) is 24.1 Å². The molecule has 5 heteroatoms. The van der Waals surface area contributed by atoms with Crippen molar-refractivity contribution in [3.63, 3.8) is 0 Å². The first-order chi connectivity index (χ1) is 9.15. The normalized spacial score (nSPS) is 28.3. The van der Waals surface area contributed by atoms with Gasteiger partial charge < -0.3 is 10.2 Å². The average molecular weight is 324 g/mol. The third-order valence-corrected chi connectivity index (χ3v) is 4.54. The molecule has 0 radical (unpaired) electrons. The Kier molecular flexibility index (Phi) is 3.60. The van der Waals surface area contributed by atoms with Crippen LogP contribution >= 0.6 is 15.9 Å². The van der Waals surface area contributed by atoms with E-state index in [9.17, 15) is 4.79 Å². The van der Waals surface area contributed by atoms with Gasteiger partial charge in [-0.05, 0) is 17.7 Å². The molecule has 2 unspecified atom stereocenters. The molecule has 0 aromatic heterocycles. The molecule has 1 aromatic rings. The molecule has 1 N–H and O–H groups in total. The Bertz CT molecular complexity index is 493. The van der Waals surface area contributed by atoms with Gasteiger partial charge in [-0.1, -0.05) is 28.1 Å². The summed E-state index contributed by atoms with van der Waals surface area (Å²) >= 11 is 3.52. The van der Waals surface area contributed by atoms with E-state index in [-0.39, 0.29) is 11.9 Å². The molecule has 0 saturated carbocycles. The number of rotatable bonds is 1. The summed E-state index contributed by atoms with van der Waals surface area (Å²) < 4.78 is 1.09. The van der Waals surface area contributed by atoms with Gasteiger partial charge in [0, 0.05) is 43.2 Å². The standard InChI is InChI=1S/C14H18BrN3O/c1-17-8-12-6-16-7-13(18(12)9-14(17)19)10-3-2-4-11(15)5-10/h2-5,12-13,16H,6-9H2,1H3. The summed E-state index contributed by atoms with van der Waals surface area (Å²) in [6.45, 7) is 3.21. The molecule has 2 aliphatic heterocycles. The van der Waals surface area contributed by atoms with Crippen LogP contribution in [0.25, 0.3) is 0 Å². The average Bonchev–Trinajstić information content (AvgIpc) is 2.39. The van der Waals surface area contributed by atoms with Crippen LogP contribution in [0.3, 0.4) is 0 Å². The number of carbonyl (C=O) groups excluding carboxylic acids is 1. The van der Waals surface area contributed by atoms with Crippen LogP contribution in [0.1, 0.15) is 11.6 Å². The fraction of sp³-hybridized carbons (Fsp3) is 0.500. The van der Waals surface area contributed by atoms with Gasteiger partial charge in [0.1, 0.15) is 0 Å². The minimum atomic E-state index is 0.221. The topological polar surface area (TPSA) is 35.6 Å². The van der Waals surface area contributed by atoms with E-state index in [1.807, 2.05) is 18.0 Å². The third-order valence-electron chi connectivity index (χ3n) is 4.05. The van der Waals surface area contributed by atoms with Crippen molar-refractivity contribution in [2.45, 2.75) is 12.1 Å². The molecular formula is C14H18BrN3O. The van der Waals surface area contributed by atoms with Crippen molar-refractivity contribution < 1.29 is 4.79 Å². The monoisotopic (exact) mass is 323 g/mol.